The molecule has 0 saturated heterocycles. The lowest BCUT2D eigenvalue weighted by atomic mass is 10.1. The normalized spacial score (nSPS) is 11.3. The molecule has 0 spiro atoms. The number of nitrogens with zero attached hydrogens (tertiary/aromatic N) is 2. The van der Waals surface area contributed by atoms with E-state index in [-0.39, 0.29) is 4.90 Å². The molecule has 7 nitrogen and oxygen atoms in total. The molecule has 0 unspecified atom stereocenters. The lowest BCUT2D eigenvalue weighted by molar-refractivity contribution is 0.601. The molecule has 1 heterocycles. The van der Waals surface area contributed by atoms with Crippen LogP contribution < -0.4 is 15.4 Å². The molecule has 8 heteroatoms. The van der Waals surface area contributed by atoms with Crippen molar-refractivity contribution < 1.29 is 8.42 Å². The van der Waals surface area contributed by atoms with Crippen molar-refractivity contribution in [1.29, 1.82) is 0 Å². The summed E-state index contributed by atoms with van der Waals surface area (Å²) in [4.78, 5) is 8.94. The maximum atomic E-state index is 12.8. The summed E-state index contributed by atoms with van der Waals surface area (Å²) in [6, 6.07) is 21.6. The Balaban J connectivity index is 1.50. The van der Waals surface area contributed by atoms with Gasteiger partial charge in [0.05, 0.1) is 4.90 Å². The Bertz CT molecular complexity index is 1320. The van der Waals surface area contributed by atoms with Gasteiger partial charge in [-0.1, -0.05) is 30.3 Å². The van der Waals surface area contributed by atoms with Gasteiger partial charge in [-0.3, -0.25) is 4.72 Å². The zero-order chi connectivity index (χ0) is 21.8. The van der Waals surface area contributed by atoms with Crippen LogP contribution in [0.3, 0.4) is 0 Å². The number of sulfonamides is 1. The van der Waals surface area contributed by atoms with E-state index in [0.717, 1.165) is 28.8 Å². The monoisotopic (exact) mass is 433 g/mol. The molecule has 0 radical (unpaired) electrons. The second-order valence-corrected chi connectivity index (χ2v) is 8.72. The number of aromatic nitrogens is 2. The smallest absolute Gasteiger partial charge is 0.261 e. The molecule has 0 aliphatic carbocycles. The predicted molar refractivity (Wildman–Crippen MR) is 125 cm³/mol. The lowest BCUT2D eigenvalue weighted by Gasteiger charge is -2.11. The molecule has 3 N–H and O–H groups in total. The van der Waals surface area contributed by atoms with Crippen LogP contribution in [-0.4, -0.2) is 24.9 Å². The van der Waals surface area contributed by atoms with Crippen molar-refractivity contribution in [3.05, 3.63) is 78.6 Å². The first-order valence-corrected chi connectivity index (χ1v) is 11.4. The van der Waals surface area contributed by atoms with Crippen molar-refractivity contribution in [2.75, 3.05) is 21.9 Å². The third-order valence-corrected chi connectivity index (χ3v) is 6.02. The number of aryl methyl sites for hydroxylation is 1. The quantitative estimate of drug-likeness (QED) is 0.383. The fourth-order valence-electron chi connectivity index (χ4n) is 3.22. The maximum absolute atomic E-state index is 12.8. The van der Waals surface area contributed by atoms with Gasteiger partial charge in [-0.2, -0.15) is 0 Å². The number of fused-ring (bicyclic) bond motifs is 1. The highest BCUT2D eigenvalue weighted by Gasteiger charge is 2.14. The number of nitrogens with one attached hydrogen (secondary N) is 3. The van der Waals surface area contributed by atoms with Crippen molar-refractivity contribution in [3.63, 3.8) is 0 Å². The summed E-state index contributed by atoms with van der Waals surface area (Å²) < 4.78 is 28.2. The summed E-state index contributed by atoms with van der Waals surface area (Å²) >= 11 is 0. The van der Waals surface area contributed by atoms with Gasteiger partial charge in [0.1, 0.15) is 17.5 Å². The van der Waals surface area contributed by atoms with E-state index in [4.69, 9.17) is 0 Å². The van der Waals surface area contributed by atoms with Gasteiger partial charge < -0.3 is 10.6 Å². The summed E-state index contributed by atoms with van der Waals surface area (Å²) in [6.45, 7) is 4.60. The highest BCUT2D eigenvalue weighted by Crippen LogP contribution is 2.23. The number of rotatable bonds is 7. The van der Waals surface area contributed by atoms with Crippen molar-refractivity contribution in [2.24, 2.45) is 0 Å². The van der Waals surface area contributed by atoms with Gasteiger partial charge >= 0.3 is 0 Å². The van der Waals surface area contributed by atoms with Crippen molar-refractivity contribution in [1.82, 2.24) is 9.97 Å². The average Bonchev–Trinajstić information content (AvgIpc) is 2.74. The highest BCUT2D eigenvalue weighted by molar-refractivity contribution is 7.92. The van der Waals surface area contributed by atoms with Crippen LogP contribution in [0.5, 0.6) is 0 Å². The first kappa shape index (κ1) is 20.6. The Morgan fingerprint density at radius 3 is 2.23 bits per heavy atom. The molecule has 0 amide bonds. The Labute approximate surface area is 181 Å². The second kappa shape index (κ2) is 8.61. The molecule has 31 heavy (non-hydrogen) atoms. The summed E-state index contributed by atoms with van der Waals surface area (Å²) in [6.07, 6.45) is 0. The third-order valence-electron chi connectivity index (χ3n) is 4.64. The van der Waals surface area contributed by atoms with Crippen LogP contribution in [0.15, 0.2) is 77.7 Å². The van der Waals surface area contributed by atoms with Gasteiger partial charge in [0.15, 0.2) is 0 Å². The molecule has 1 aromatic heterocycles. The summed E-state index contributed by atoms with van der Waals surface area (Å²) in [5.74, 6) is 2.06. The van der Waals surface area contributed by atoms with Crippen LogP contribution >= 0.6 is 0 Å². The van der Waals surface area contributed by atoms with Gasteiger partial charge in [0.2, 0.25) is 0 Å². The molecule has 0 saturated carbocycles. The van der Waals surface area contributed by atoms with Gasteiger partial charge in [-0.05, 0) is 61.0 Å². The van der Waals surface area contributed by atoms with Crippen LogP contribution in [0.1, 0.15) is 12.7 Å². The zero-order valence-corrected chi connectivity index (χ0v) is 18.1. The summed E-state index contributed by atoms with van der Waals surface area (Å²) in [5, 5.41) is 8.26. The number of anilines is 4. The van der Waals surface area contributed by atoms with E-state index in [1.807, 2.05) is 50.2 Å². The van der Waals surface area contributed by atoms with Crippen LogP contribution in [0, 0.1) is 6.92 Å². The SMILES string of the molecule is CCNc1cc(Nc2ccc(NS(=O)(=O)c3ccc4ccccc4c3)cc2)nc(C)n1. The van der Waals surface area contributed by atoms with Crippen molar-refractivity contribution >= 4 is 43.8 Å². The van der Waals surface area contributed by atoms with Crippen LogP contribution in [0.2, 0.25) is 0 Å². The standard InChI is InChI=1S/C23H23N5O2S/c1-3-24-22-15-23(26-16(2)25-22)27-19-9-11-20(12-10-19)28-31(29,30)21-13-8-17-6-4-5-7-18(17)14-21/h4-15,28H,3H2,1-2H3,(H2,24,25,26,27). The molecule has 0 bridgehead atoms. The first-order valence-electron chi connectivity index (χ1n) is 9.91. The molecule has 0 fully saturated rings. The van der Waals surface area contributed by atoms with E-state index >= 15 is 0 Å². The molecule has 4 rings (SSSR count). The lowest BCUT2D eigenvalue weighted by Crippen LogP contribution is -2.12. The molecule has 0 atom stereocenters. The largest absolute Gasteiger partial charge is 0.370 e. The summed E-state index contributed by atoms with van der Waals surface area (Å²) in [7, 11) is -3.69. The van der Waals surface area contributed by atoms with E-state index in [1.165, 1.54) is 0 Å². The number of hydrogen-bond acceptors (Lipinski definition) is 6. The highest BCUT2D eigenvalue weighted by atomic mass is 32.2. The third kappa shape index (κ3) is 4.92. The van der Waals surface area contributed by atoms with Gasteiger partial charge in [0.25, 0.3) is 10.0 Å². The van der Waals surface area contributed by atoms with Gasteiger partial charge in [-0.15, -0.1) is 0 Å². The topological polar surface area (TPSA) is 96.0 Å². The maximum Gasteiger partial charge on any atom is 0.261 e. The zero-order valence-electron chi connectivity index (χ0n) is 17.3. The van der Waals surface area contributed by atoms with E-state index in [0.29, 0.717) is 17.3 Å². The van der Waals surface area contributed by atoms with E-state index in [1.54, 1.807) is 36.4 Å². The number of hydrogen-bond donors (Lipinski definition) is 3. The van der Waals surface area contributed by atoms with E-state index in [2.05, 4.69) is 25.3 Å². The fraction of sp³-hybridized carbons (Fsp3) is 0.130. The molecule has 0 aliphatic rings. The predicted octanol–water partition coefficient (Wildman–Crippen LogP) is 4.91. The van der Waals surface area contributed by atoms with E-state index in [9.17, 15) is 8.42 Å². The van der Waals surface area contributed by atoms with Crippen LogP contribution in [0.4, 0.5) is 23.0 Å². The average molecular weight is 434 g/mol. The van der Waals surface area contributed by atoms with E-state index < -0.39 is 10.0 Å². The molecule has 158 valence electrons. The second-order valence-electron chi connectivity index (χ2n) is 7.03. The molecule has 3 aromatic carbocycles. The van der Waals surface area contributed by atoms with Gasteiger partial charge in [0, 0.05) is 24.0 Å². The minimum atomic E-state index is -3.69. The minimum absolute atomic E-state index is 0.223. The Morgan fingerprint density at radius 2 is 1.48 bits per heavy atom. The van der Waals surface area contributed by atoms with Crippen molar-refractivity contribution in [3.8, 4) is 0 Å². The first-order chi connectivity index (χ1) is 14.9. The van der Waals surface area contributed by atoms with Crippen LogP contribution in [0.25, 0.3) is 10.8 Å². The molecule has 4 aromatic rings. The molecular formula is C23H23N5O2S. The Hall–Kier alpha value is -3.65. The van der Waals surface area contributed by atoms with Gasteiger partial charge in [-0.25, -0.2) is 18.4 Å². The molecule has 0 aliphatic heterocycles. The Kier molecular flexibility index (Phi) is 5.73. The fourth-order valence-corrected chi connectivity index (χ4v) is 4.32. The minimum Gasteiger partial charge on any atom is -0.370 e. The van der Waals surface area contributed by atoms with Crippen molar-refractivity contribution in [2.45, 2.75) is 18.7 Å². The Morgan fingerprint density at radius 1 is 0.806 bits per heavy atom. The number of benzene rings is 3. The summed E-state index contributed by atoms with van der Waals surface area (Å²) in [5.41, 5.74) is 1.26. The molecular weight excluding hydrogens is 410 g/mol. The van der Waals surface area contributed by atoms with Crippen LogP contribution in [-0.2, 0) is 10.0 Å².